The molecule has 0 aliphatic heterocycles. The van der Waals surface area contributed by atoms with Crippen LogP contribution in [0.5, 0.6) is 0 Å². The predicted octanol–water partition coefficient (Wildman–Crippen LogP) is 0.103. The average molecular weight is 221 g/mol. The molecule has 0 atom stereocenters. The number of aromatic nitrogens is 3. The summed E-state index contributed by atoms with van der Waals surface area (Å²) in [6.07, 6.45) is 2.05. The van der Waals surface area contributed by atoms with E-state index in [1.165, 1.54) is 11.6 Å². The van der Waals surface area contributed by atoms with Gasteiger partial charge in [0.25, 0.3) is 5.56 Å². The van der Waals surface area contributed by atoms with E-state index < -0.39 is 0 Å². The summed E-state index contributed by atoms with van der Waals surface area (Å²) < 4.78 is 7.62. The molecule has 0 N–H and O–H groups in total. The van der Waals surface area contributed by atoms with Crippen molar-refractivity contribution >= 4 is 11.0 Å². The summed E-state index contributed by atoms with van der Waals surface area (Å²) in [6.45, 7) is 0. The van der Waals surface area contributed by atoms with Crippen molar-refractivity contribution in [2.45, 2.75) is 18.8 Å². The van der Waals surface area contributed by atoms with Gasteiger partial charge in [-0.1, -0.05) is 5.16 Å². The van der Waals surface area contributed by atoms with Crippen LogP contribution in [0.4, 0.5) is 0 Å². The van der Waals surface area contributed by atoms with Gasteiger partial charge >= 0.3 is 5.69 Å². The highest BCUT2D eigenvalue weighted by Crippen LogP contribution is 2.42. The molecule has 0 spiro atoms. The molecule has 84 valence electrons. The second-order valence-corrected chi connectivity index (χ2v) is 4.23. The molecule has 0 unspecified atom stereocenters. The van der Waals surface area contributed by atoms with E-state index in [4.69, 9.17) is 4.52 Å². The minimum absolute atomic E-state index is 0.301. The van der Waals surface area contributed by atoms with E-state index in [1.807, 2.05) is 0 Å². The van der Waals surface area contributed by atoms with Crippen LogP contribution in [0.2, 0.25) is 0 Å². The van der Waals surface area contributed by atoms with Gasteiger partial charge in [-0.05, 0) is 12.8 Å². The minimum Gasteiger partial charge on any atom is -0.358 e. The van der Waals surface area contributed by atoms with Crippen LogP contribution < -0.4 is 11.2 Å². The maximum atomic E-state index is 12.0. The Balaban J connectivity index is 2.53. The molecule has 3 rings (SSSR count). The summed E-state index contributed by atoms with van der Waals surface area (Å²) in [5, 5.41) is 4.27. The Bertz CT molecular complexity index is 688. The van der Waals surface area contributed by atoms with Gasteiger partial charge in [0.05, 0.1) is 0 Å². The Morgan fingerprint density at radius 2 is 1.94 bits per heavy atom. The van der Waals surface area contributed by atoms with E-state index >= 15 is 0 Å². The number of fused-ring (bicyclic) bond motifs is 1. The molecule has 16 heavy (non-hydrogen) atoms. The van der Waals surface area contributed by atoms with Crippen LogP contribution in [0.1, 0.15) is 24.5 Å². The summed E-state index contributed by atoms with van der Waals surface area (Å²) in [6, 6.07) is 0. The molecule has 1 saturated carbocycles. The van der Waals surface area contributed by atoms with E-state index in [0.717, 1.165) is 17.4 Å². The van der Waals surface area contributed by atoms with Gasteiger partial charge in [0.15, 0.2) is 11.4 Å². The van der Waals surface area contributed by atoms with Gasteiger partial charge in [0.1, 0.15) is 5.39 Å². The maximum absolute atomic E-state index is 12.0. The molecule has 0 amide bonds. The topological polar surface area (TPSA) is 70.0 Å². The second kappa shape index (κ2) is 2.84. The molecule has 6 heteroatoms. The van der Waals surface area contributed by atoms with Gasteiger partial charge in [-0.25, -0.2) is 4.79 Å². The van der Waals surface area contributed by atoms with Crippen molar-refractivity contribution in [3.8, 4) is 0 Å². The summed E-state index contributed by atoms with van der Waals surface area (Å²) >= 11 is 0. The third kappa shape index (κ3) is 1.04. The normalized spacial score (nSPS) is 15.9. The fourth-order valence-electron chi connectivity index (χ4n) is 1.92. The number of nitrogens with zero attached hydrogens (tertiary/aromatic N) is 3. The lowest BCUT2D eigenvalue weighted by atomic mass is 10.2. The first kappa shape index (κ1) is 9.38. The Labute approximate surface area is 90.1 Å². The lowest BCUT2D eigenvalue weighted by Gasteiger charge is -2.01. The highest BCUT2D eigenvalue weighted by Gasteiger charge is 2.32. The first-order valence-electron chi connectivity index (χ1n) is 5.16. The summed E-state index contributed by atoms with van der Waals surface area (Å²) in [5.74, 6) is 0.932. The zero-order valence-corrected chi connectivity index (χ0v) is 9.06. The molecule has 0 saturated heterocycles. The van der Waals surface area contributed by atoms with Crippen molar-refractivity contribution in [2.24, 2.45) is 14.1 Å². The SMILES string of the molecule is Cn1c(=O)c2c(C3CC3)onc2n(C)c1=O. The Morgan fingerprint density at radius 1 is 1.25 bits per heavy atom. The fourth-order valence-corrected chi connectivity index (χ4v) is 1.92. The molecule has 2 heterocycles. The van der Waals surface area contributed by atoms with Gasteiger partial charge < -0.3 is 4.52 Å². The standard InChI is InChI=1S/C10H11N3O3/c1-12-8-6(9(14)13(2)10(12)15)7(16-11-8)5-3-4-5/h5H,3-4H2,1-2H3. The van der Waals surface area contributed by atoms with Gasteiger partial charge in [0.2, 0.25) is 0 Å². The van der Waals surface area contributed by atoms with E-state index in [0.29, 0.717) is 22.7 Å². The molecular formula is C10H11N3O3. The smallest absolute Gasteiger partial charge is 0.332 e. The molecule has 1 aliphatic rings. The number of hydrogen-bond donors (Lipinski definition) is 0. The molecule has 1 aliphatic carbocycles. The van der Waals surface area contributed by atoms with Crippen molar-refractivity contribution in [3.05, 3.63) is 26.6 Å². The monoisotopic (exact) mass is 221 g/mol. The third-order valence-electron chi connectivity index (χ3n) is 3.06. The van der Waals surface area contributed by atoms with Gasteiger partial charge in [-0.15, -0.1) is 0 Å². The molecular weight excluding hydrogens is 210 g/mol. The van der Waals surface area contributed by atoms with Crippen molar-refractivity contribution in [1.29, 1.82) is 0 Å². The molecule has 2 aromatic heterocycles. The summed E-state index contributed by atoms with van der Waals surface area (Å²) in [5.41, 5.74) is -0.357. The van der Waals surface area contributed by atoms with Crippen LogP contribution in [-0.2, 0) is 14.1 Å². The van der Waals surface area contributed by atoms with Gasteiger partial charge in [0, 0.05) is 20.0 Å². The Kier molecular flexibility index (Phi) is 1.66. The van der Waals surface area contributed by atoms with Crippen molar-refractivity contribution < 1.29 is 4.52 Å². The van der Waals surface area contributed by atoms with E-state index in [1.54, 1.807) is 7.05 Å². The highest BCUT2D eigenvalue weighted by molar-refractivity contribution is 5.76. The summed E-state index contributed by atoms with van der Waals surface area (Å²) in [4.78, 5) is 23.6. The second-order valence-electron chi connectivity index (χ2n) is 4.23. The van der Waals surface area contributed by atoms with E-state index in [2.05, 4.69) is 5.16 Å². The van der Waals surface area contributed by atoms with E-state index in [9.17, 15) is 9.59 Å². The highest BCUT2D eigenvalue weighted by atomic mass is 16.5. The van der Waals surface area contributed by atoms with Crippen LogP contribution in [0.15, 0.2) is 14.1 Å². The number of hydrogen-bond acceptors (Lipinski definition) is 4. The average Bonchev–Trinajstić information content (AvgIpc) is 3.03. The fraction of sp³-hybridized carbons (Fsp3) is 0.500. The largest absolute Gasteiger partial charge is 0.358 e. The van der Waals surface area contributed by atoms with Gasteiger partial charge in [-0.3, -0.25) is 13.9 Å². The molecule has 0 aromatic carbocycles. The number of rotatable bonds is 1. The lowest BCUT2D eigenvalue weighted by molar-refractivity contribution is 0.389. The number of aryl methyl sites for hydroxylation is 1. The molecule has 0 bridgehead atoms. The lowest BCUT2D eigenvalue weighted by Crippen LogP contribution is -2.37. The van der Waals surface area contributed by atoms with Crippen molar-refractivity contribution in [1.82, 2.24) is 14.3 Å². The Morgan fingerprint density at radius 3 is 2.56 bits per heavy atom. The maximum Gasteiger partial charge on any atom is 0.332 e. The molecule has 6 nitrogen and oxygen atoms in total. The summed E-state index contributed by atoms with van der Waals surface area (Å²) in [7, 11) is 3.05. The zero-order chi connectivity index (χ0) is 11.4. The van der Waals surface area contributed by atoms with Crippen LogP contribution in [0, 0.1) is 0 Å². The first-order valence-corrected chi connectivity index (χ1v) is 5.16. The first-order chi connectivity index (χ1) is 7.61. The van der Waals surface area contributed by atoms with Crippen LogP contribution in [-0.4, -0.2) is 14.3 Å². The molecule has 0 radical (unpaired) electrons. The van der Waals surface area contributed by atoms with Crippen LogP contribution in [0.3, 0.4) is 0 Å². The Hall–Kier alpha value is -1.85. The quantitative estimate of drug-likeness (QED) is 0.685. The zero-order valence-electron chi connectivity index (χ0n) is 9.06. The van der Waals surface area contributed by atoms with Crippen molar-refractivity contribution in [2.75, 3.05) is 0 Å². The molecule has 1 fully saturated rings. The molecule has 2 aromatic rings. The minimum atomic E-state index is -0.381. The van der Waals surface area contributed by atoms with Crippen LogP contribution >= 0.6 is 0 Å². The van der Waals surface area contributed by atoms with Gasteiger partial charge in [-0.2, -0.15) is 0 Å². The van der Waals surface area contributed by atoms with Crippen LogP contribution in [0.25, 0.3) is 11.0 Å². The van der Waals surface area contributed by atoms with Crippen molar-refractivity contribution in [3.63, 3.8) is 0 Å². The van der Waals surface area contributed by atoms with E-state index in [-0.39, 0.29) is 11.2 Å². The predicted molar refractivity (Wildman–Crippen MR) is 56.5 cm³/mol. The third-order valence-corrected chi connectivity index (χ3v) is 3.06.